The third-order valence-electron chi connectivity index (χ3n) is 3.23. The van der Waals surface area contributed by atoms with Crippen LogP contribution in [-0.4, -0.2) is 70.3 Å². The van der Waals surface area contributed by atoms with Crippen LogP contribution in [0.25, 0.3) is 0 Å². The topological polar surface area (TPSA) is 217 Å². The Balaban J connectivity index is 5.34. The molecule has 0 aromatic rings. The first kappa shape index (κ1) is 30.7. The van der Waals surface area contributed by atoms with Gasteiger partial charge in [0.25, 0.3) is 0 Å². The van der Waals surface area contributed by atoms with E-state index < -0.39 is 65.0 Å². The van der Waals surface area contributed by atoms with E-state index in [4.69, 9.17) is 14.8 Å². The fourth-order valence-electron chi connectivity index (χ4n) is 1.85. The highest BCUT2D eigenvalue weighted by Crippen LogP contribution is 2.48. The van der Waals surface area contributed by atoms with Crippen LogP contribution in [0, 0.1) is 5.92 Å². The normalized spacial score (nSPS) is 19.5. The molecular weight excluding hydrogens is 472 g/mol. The van der Waals surface area contributed by atoms with Crippen LogP contribution in [0.5, 0.6) is 0 Å². The minimum atomic E-state index is -4.66. The van der Waals surface area contributed by atoms with Crippen molar-refractivity contribution in [3.8, 4) is 0 Å². The summed E-state index contributed by atoms with van der Waals surface area (Å²) in [7, 11) is -9.17. The van der Waals surface area contributed by atoms with E-state index in [1.807, 2.05) is 0 Å². The number of phosphoric ester groups is 2. The Morgan fingerprint density at radius 1 is 1.03 bits per heavy atom. The molecule has 16 heteroatoms. The summed E-state index contributed by atoms with van der Waals surface area (Å²) in [6.07, 6.45) is -3.67. The van der Waals surface area contributed by atoms with Gasteiger partial charge in [-0.1, -0.05) is 0 Å². The zero-order chi connectivity index (χ0) is 25.1. The van der Waals surface area contributed by atoms with Crippen molar-refractivity contribution >= 4 is 40.0 Å². The number of urea groups is 1. The maximum atomic E-state index is 12.1. The smallest absolute Gasteiger partial charge is 0.388 e. The molecule has 4 unspecified atom stereocenters. The van der Waals surface area contributed by atoms with E-state index in [0.717, 1.165) is 6.21 Å². The fourth-order valence-corrected chi connectivity index (χ4v) is 3.94. The highest BCUT2D eigenvalue weighted by Gasteiger charge is 2.33. The van der Waals surface area contributed by atoms with Crippen LogP contribution in [0.2, 0.25) is 0 Å². The Bertz CT molecular complexity index is 772. The number of amides is 2. The molecule has 0 rings (SSSR count). The first-order chi connectivity index (χ1) is 14.6. The number of nitrogens with zero attached hydrogens (tertiary/aromatic N) is 2. The van der Waals surface area contributed by atoms with Gasteiger partial charge in [-0.25, -0.2) is 18.9 Å². The predicted octanol–water partition coefficient (Wildman–Crippen LogP) is 1.57. The first-order valence-corrected chi connectivity index (χ1v) is 12.5. The fraction of sp³-hybridized carbons (Fsp3) is 0.750. The van der Waals surface area contributed by atoms with Crippen LogP contribution < -0.4 is 5.73 Å². The average Bonchev–Trinajstić information content (AvgIpc) is 2.62. The van der Waals surface area contributed by atoms with E-state index in [2.05, 4.69) is 19.0 Å². The molecule has 0 saturated carbocycles. The van der Waals surface area contributed by atoms with Crippen molar-refractivity contribution in [3.63, 3.8) is 0 Å². The molecule has 0 aliphatic carbocycles. The number of hydrogen-bond donors (Lipinski definition) is 4. The van der Waals surface area contributed by atoms with Crippen molar-refractivity contribution in [1.29, 1.82) is 0 Å². The van der Waals surface area contributed by atoms with Crippen LogP contribution in [0.3, 0.4) is 0 Å². The first-order valence-electron chi connectivity index (χ1n) is 9.47. The van der Waals surface area contributed by atoms with Gasteiger partial charge in [0.05, 0.1) is 24.7 Å². The number of aliphatic hydroxyl groups excluding tert-OH is 1. The average molecular weight is 503 g/mol. The van der Waals surface area contributed by atoms with E-state index in [1.54, 1.807) is 0 Å². The molecule has 0 saturated heterocycles. The molecular formula is C16H31N3O11P2. The predicted molar refractivity (Wildman–Crippen MR) is 114 cm³/mol. The zero-order valence-electron chi connectivity index (χ0n) is 18.4. The number of carbonyl (C=O) groups is 2. The number of nitrogens with two attached hydrogens (primary N) is 1. The number of rotatable bonds is 14. The number of aldehydes is 1. The van der Waals surface area contributed by atoms with Gasteiger partial charge in [-0.15, -0.1) is 0 Å². The number of aliphatic imine (C=N–C) groups is 2. The molecule has 0 aromatic carbocycles. The molecule has 0 aliphatic heterocycles. The molecule has 0 heterocycles. The molecule has 0 aromatic heterocycles. The lowest BCUT2D eigenvalue weighted by molar-refractivity contribution is -0.109. The zero-order valence-corrected chi connectivity index (χ0v) is 20.2. The maximum Gasteiger partial charge on any atom is 0.472 e. The minimum absolute atomic E-state index is 0.266. The van der Waals surface area contributed by atoms with Gasteiger partial charge >= 0.3 is 21.7 Å². The van der Waals surface area contributed by atoms with E-state index in [-0.39, 0.29) is 5.84 Å². The number of aliphatic hydroxyl groups is 1. The molecule has 5 atom stereocenters. The maximum absolute atomic E-state index is 12.1. The van der Waals surface area contributed by atoms with Gasteiger partial charge in [0.1, 0.15) is 24.3 Å². The summed E-state index contributed by atoms with van der Waals surface area (Å²) in [5, 5.41) is 10.3. The molecule has 5 N–H and O–H groups in total. The lowest BCUT2D eigenvalue weighted by atomic mass is 10.1. The summed E-state index contributed by atoms with van der Waals surface area (Å²) in [5.74, 6) is -1.07. The Labute approximate surface area is 186 Å². The second-order valence-electron chi connectivity index (χ2n) is 7.04. The third kappa shape index (κ3) is 13.9. The van der Waals surface area contributed by atoms with Crippen molar-refractivity contribution in [2.75, 3.05) is 6.61 Å². The van der Waals surface area contributed by atoms with Gasteiger partial charge < -0.3 is 25.4 Å². The standard InChI is InChI=1S/C16H31N3O11P2/c1-10(2)28-31(23,24)27-9-13(21)14(30-32(25,26)29-11(3)4)6-7-18-16(22)19-15(17)12(5)8-20/h7-8,10-14,21H,6,9H2,1-5H3,(H,23,24)(H,25,26)(H2,17,19,22)/t12?,13-,14?/m1/s1. The van der Waals surface area contributed by atoms with Crippen molar-refractivity contribution in [1.82, 2.24) is 0 Å². The minimum Gasteiger partial charge on any atom is -0.388 e. The van der Waals surface area contributed by atoms with Crippen LogP contribution in [0.15, 0.2) is 9.98 Å². The Morgan fingerprint density at radius 2 is 1.56 bits per heavy atom. The molecule has 0 fully saturated rings. The summed E-state index contributed by atoms with van der Waals surface area (Å²) < 4.78 is 42.9. The van der Waals surface area contributed by atoms with E-state index in [9.17, 15) is 33.6 Å². The molecule has 0 aliphatic rings. The van der Waals surface area contributed by atoms with Crippen molar-refractivity contribution in [2.24, 2.45) is 21.6 Å². The van der Waals surface area contributed by atoms with Gasteiger partial charge in [-0.3, -0.25) is 18.1 Å². The summed E-state index contributed by atoms with van der Waals surface area (Å²) in [4.78, 5) is 48.5. The van der Waals surface area contributed by atoms with Crippen LogP contribution in [-0.2, 0) is 32.0 Å². The van der Waals surface area contributed by atoms with Crippen molar-refractivity contribution < 1.29 is 51.7 Å². The van der Waals surface area contributed by atoms with Crippen LogP contribution >= 0.6 is 15.6 Å². The molecule has 186 valence electrons. The molecule has 0 radical (unpaired) electrons. The molecule has 2 amide bonds. The summed E-state index contributed by atoms with van der Waals surface area (Å²) in [5.41, 5.74) is 5.45. The lowest BCUT2D eigenvalue weighted by Crippen LogP contribution is -2.33. The molecule has 0 spiro atoms. The van der Waals surface area contributed by atoms with E-state index in [1.165, 1.54) is 34.6 Å². The van der Waals surface area contributed by atoms with Crippen molar-refractivity contribution in [2.45, 2.75) is 65.5 Å². The second-order valence-corrected chi connectivity index (χ2v) is 9.81. The van der Waals surface area contributed by atoms with Crippen molar-refractivity contribution in [3.05, 3.63) is 0 Å². The van der Waals surface area contributed by atoms with Gasteiger partial charge in [0.2, 0.25) is 0 Å². The van der Waals surface area contributed by atoms with Crippen LogP contribution in [0.4, 0.5) is 4.79 Å². The SMILES string of the molecule is CC(C)OP(=O)(O)OC[C@@H](O)C(CC=NC(=O)N=C(N)C(C)C=O)OP(=O)(O)OC(C)C. The Morgan fingerprint density at radius 3 is 2.06 bits per heavy atom. The number of hydrogen-bond acceptors (Lipinski definition) is 9. The highest BCUT2D eigenvalue weighted by molar-refractivity contribution is 7.47. The highest BCUT2D eigenvalue weighted by atomic mass is 31.2. The molecule has 32 heavy (non-hydrogen) atoms. The summed E-state index contributed by atoms with van der Waals surface area (Å²) in [6, 6.07) is -1.07. The van der Waals surface area contributed by atoms with Gasteiger partial charge in [-0.05, 0) is 34.6 Å². The van der Waals surface area contributed by atoms with E-state index in [0.29, 0.717) is 6.29 Å². The monoisotopic (exact) mass is 503 g/mol. The largest absolute Gasteiger partial charge is 0.472 e. The Kier molecular flexibility index (Phi) is 13.4. The molecule has 14 nitrogen and oxygen atoms in total. The quantitative estimate of drug-likeness (QED) is 0.115. The number of amidine groups is 1. The third-order valence-corrected chi connectivity index (χ3v) is 5.62. The van der Waals surface area contributed by atoms with Gasteiger partial charge in [0, 0.05) is 12.6 Å². The number of phosphoric acid groups is 2. The Hall–Kier alpha value is -1.34. The van der Waals surface area contributed by atoms with E-state index >= 15 is 0 Å². The lowest BCUT2D eigenvalue weighted by Gasteiger charge is -2.25. The summed E-state index contributed by atoms with van der Waals surface area (Å²) >= 11 is 0. The second kappa shape index (κ2) is 14.0. The van der Waals surface area contributed by atoms with Gasteiger partial charge in [-0.2, -0.15) is 4.99 Å². The number of carbonyl (C=O) groups excluding carboxylic acids is 2. The summed E-state index contributed by atoms with van der Waals surface area (Å²) in [6.45, 7) is 6.50. The van der Waals surface area contributed by atoms with Gasteiger partial charge in [0.15, 0.2) is 0 Å². The van der Waals surface area contributed by atoms with Crippen LogP contribution in [0.1, 0.15) is 41.0 Å². The molecule has 0 bridgehead atoms.